The number of nitrogens with one attached hydrogen (secondary N) is 4. The first-order valence-corrected chi connectivity index (χ1v) is 17.6. The Morgan fingerprint density at radius 1 is 1.11 bits per heavy atom. The molecule has 252 valence electrons. The van der Waals surface area contributed by atoms with Crippen molar-refractivity contribution in [1.29, 1.82) is 0 Å². The summed E-state index contributed by atoms with van der Waals surface area (Å²) in [7, 11) is 0. The first-order valence-electron chi connectivity index (χ1n) is 17.1. The van der Waals surface area contributed by atoms with Gasteiger partial charge in [0, 0.05) is 56.6 Å². The lowest BCUT2D eigenvalue weighted by Crippen LogP contribution is -2.56. The van der Waals surface area contributed by atoms with Gasteiger partial charge < -0.3 is 35.0 Å². The van der Waals surface area contributed by atoms with Crippen LogP contribution >= 0.6 is 11.6 Å². The minimum atomic E-state index is -0.598. The zero-order chi connectivity index (χ0) is 31.3. The molecule has 0 bridgehead atoms. The van der Waals surface area contributed by atoms with Gasteiger partial charge >= 0.3 is 0 Å². The van der Waals surface area contributed by atoms with Gasteiger partial charge in [0.2, 0.25) is 11.8 Å². The molecule has 0 aromatic heterocycles. The third kappa shape index (κ3) is 9.27. The molecule has 5 fully saturated rings. The number of aliphatic hydroxyl groups excluding tert-OH is 1. The quantitative estimate of drug-likeness (QED) is 0.223. The van der Waals surface area contributed by atoms with E-state index in [9.17, 15) is 14.7 Å². The number of hydrogen-bond acceptors (Lipinski definition) is 9. The van der Waals surface area contributed by atoms with Crippen LogP contribution in [-0.2, 0) is 19.1 Å². The van der Waals surface area contributed by atoms with E-state index >= 15 is 0 Å². The van der Waals surface area contributed by atoms with Crippen LogP contribution in [0.3, 0.4) is 0 Å². The summed E-state index contributed by atoms with van der Waals surface area (Å²) in [6.45, 7) is 13.0. The Morgan fingerprint density at radius 2 is 1.91 bits per heavy atom. The van der Waals surface area contributed by atoms with Crippen molar-refractivity contribution in [3.8, 4) is 0 Å². The molecule has 0 radical (unpaired) electrons. The van der Waals surface area contributed by atoms with E-state index in [-0.39, 0.29) is 53.4 Å². The number of β-amino-alcohol motifs (C(OH)–C–C–N with tert-alkyl or cyclic N) is 1. The van der Waals surface area contributed by atoms with Gasteiger partial charge in [-0.15, -0.1) is 11.6 Å². The Kier molecular flexibility index (Phi) is 12.2. The van der Waals surface area contributed by atoms with E-state index in [0.29, 0.717) is 37.8 Å². The number of rotatable bonds is 10. The predicted octanol–water partition coefficient (Wildman–Crippen LogP) is 1.09. The smallest absolute Gasteiger partial charge is 0.227 e. The average molecular weight is 641 g/mol. The van der Waals surface area contributed by atoms with Crippen molar-refractivity contribution < 1.29 is 24.2 Å². The molecule has 5 aliphatic rings. The highest BCUT2D eigenvalue weighted by Gasteiger charge is 2.42. The second-order valence-corrected chi connectivity index (χ2v) is 15.4. The van der Waals surface area contributed by atoms with Crippen LogP contribution in [-0.4, -0.2) is 128 Å². The molecule has 2 amide bonds. The molecular formula is C32H57ClN6O5. The van der Waals surface area contributed by atoms with Crippen LogP contribution in [0.15, 0.2) is 0 Å². The fraction of sp³-hybridized carbons (Fsp3) is 0.938. The molecule has 0 aromatic rings. The third-order valence-corrected chi connectivity index (χ3v) is 11.0. The van der Waals surface area contributed by atoms with Crippen LogP contribution in [0.1, 0.15) is 65.7 Å². The molecule has 1 aliphatic carbocycles. The highest BCUT2D eigenvalue weighted by molar-refractivity contribution is 6.21. The van der Waals surface area contributed by atoms with Crippen LogP contribution < -0.4 is 21.3 Å². The molecule has 4 saturated heterocycles. The molecule has 1 saturated carbocycles. The maximum absolute atomic E-state index is 13.1. The van der Waals surface area contributed by atoms with E-state index in [1.807, 2.05) is 25.7 Å². The number of likely N-dealkylation sites (tertiary alicyclic amines) is 2. The van der Waals surface area contributed by atoms with Crippen molar-refractivity contribution >= 4 is 23.4 Å². The molecule has 0 aromatic carbocycles. The van der Waals surface area contributed by atoms with Crippen LogP contribution in [0.2, 0.25) is 0 Å². The fourth-order valence-electron chi connectivity index (χ4n) is 7.81. The second kappa shape index (κ2) is 15.7. The molecule has 8 atom stereocenters. The molecule has 5 rings (SSSR count). The number of aliphatic hydroxyl groups is 1. The number of nitrogens with zero attached hydrogens (tertiary/aromatic N) is 2. The Morgan fingerprint density at radius 3 is 2.64 bits per heavy atom. The molecule has 44 heavy (non-hydrogen) atoms. The van der Waals surface area contributed by atoms with Crippen LogP contribution in [0.4, 0.5) is 0 Å². The van der Waals surface area contributed by atoms with E-state index in [1.165, 1.54) is 0 Å². The highest BCUT2D eigenvalue weighted by atomic mass is 35.5. The van der Waals surface area contributed by atoms with E-state index in [4.69, 9.17) is 21.1 Å². The minimum Gasteiger partial charge on any atom is -0.390 e. The summed E-state index contributed by atoms with van der Waals surface area (Å²) in [5.41, 5.74) is -0.345. The number of carbonyl (C=O) groups is 2. The van der Waals surface area contributed by atoms with Crippen molar-refractivity contribution in [1.82, 2.24) is 31.1 Å². The monoisotopic (exact) mass is 640 g/mol. The molecular weight excluding hydrogens is 584 g/mol. The average Bonchev–Trinajstić information content (AvgIpc) is 3.53. The van der Waals surface area contributed by atoms with Gasteiger partial charge in [-0.05, 0) is 69.9 Å². The Labute approximate surface area is 268 Å². The highest BCUT2D eigenvalue weighted by Crippen LogP contribution is 2.40. The molecule has 0 spiro atoms. The molecule has 5 N–H and O–H groups in total. The van der Waals surface area contributed by atoms with Gasteiger partial charge in [0.1, 0.15) is 0 Å². The van der Waals surface area contributed by atoms with Gasteiger partial charge in [0.05, 0.1) is 43.2 Å². The standard InChI is InChI=1S/C32H57ClN6O5/c1-32(2,3)31(42)39-12-7-23(8-13-39)37-28-14-21(6-10-35-28)30(41)36-15-24(40)18-38-11-9-26-22(17-38)4-5-27(29(26)33)43-19-25-16-34-20-44-25/h21-29,34-35,37,40H,4-20H2,1-3H3,(H,36,41)/t21?,22?,24-,25?,26?,27?,28?,29?/m0/s1. The van der Waals surface area contributed by atoms with Gasteiger partial charge in [-0.1, -0.05) is 20.8 Å². The van der Waals surface area contributed by atoms with Crippen LogP contribution in [0, 0.1) is 23.2 Å². The van der Waals surface area contributed by atoms with Gasteiger partial charge in [0.15, 0.2) is 0 Å². The molecule has 11 nitrogen and oxygen atoms in total. The number of piperidine rings is 3. The molecule has 4 aliphatic heterocycles. The van der Waals surface area contributed by atoms with E-state index in [1.54, 1.807) is 0 Å². The summed E-state index contributed by atoms with van der Waals surface area (Å²) in [5, 5.41) is 24.3. The maximum Gasteiger partial charge on any atom is 0.227 e. The van der Waals surface area contributed by atoms with Crippen LogP contribution in [0.25, 0.3) is 0 Å². The maximum atomic E-state index is 13.1. The zero-order valence-corrected chi connectivity index (χ0v) is 27.8. The number of fused-ring (bicyclic) bond motifs is 1. The minimum absolute atomic E-state index is 0.0169. The van der Waals surface area contributed by atoms with Crippen molar-refractivity contribution in [2.75, 3.05) is 65.7 Å². The first-order chi connectivity index (χ1) is 21.1. The summed E-state index contributed by atoms with van der Waals surface area (Å²) in [6, 6.07) is 0.338. The van der Waals surface area contributed by atoms with E-state index in [2.05, 4.69) is 26.2 Å². The largest absolute Gasteiger partial charge is 0.390 e. The van der Waals surface area contributed by atoms with Crippen molar-refractivity contribution in [2.45, 2.75) is 102 Å². The number of halogens is 1. The Balaban J connectivity index is 0.972. The van der Waals surface area contributed by atoms with Crippen molar-refractivity contribution in [3.63, 3.8) is 0 Å². The number of amides is 2. The van der Waals surface area contributed by atoms with Crippen LogP contribution in [0.5, 0.6) is 0 Å². The number of carbonyl (C=O) groups excluding carboxylic acids is 2. The first kappa shape index (κ1) is 34.3. The third-order valence-electron chi connectivity index (χ3n) is 10.4. The summed E-state index contributed by atoms with van der Waals surface area (Å²) in [5.74, 6) is 1.13. The predicted molar refractivity (Wildman–Crippen MR) is 170 cm³/mol. The fourth-order valence-corrected chi connectivity index (χ4v) is 8.34. The normalized spacial score (nSPS) is 34.8. The SMILES string of the molecule is CC(C)(C)C(=O)N1CCC(NC2CC(C(=O)NC[C@H](O)CN3CCC4C(CCC(OCC5CNCO5)C4Cl)C3)CCN2)CC1. The number of alkyl halides is 1. The van der Waals surface area contributed by atoms with Gasteiger partial charge in [-0.25, -0.2) is 0 Å². The topological polar surface area (TPSA) is 127 Å². The Hall–Kier alpha value is -1.05. The summed E-state index contributed by atoms with van der Waals surface area (Å²) in [6.07, 6.45) is 6.12. The summed E-state index contributed by atoms with van der Waals surface area (Å²) >= 11 is 6.93. The molecule has 12 heteroatoms. The van der Waals surface area contributed by atoms with E-state index < -0.39 is 6.10 Å². The lowest BCUT2D eigenvalue weighted by atomic mass is 9.73. The number of ether oxygens (including phenoxy) is 2. The lowest BCUT2D eigenvalue weighted by Gasteiger charge is -2.46. The molecule has 7 unspecified atom stereocenters. The summed E-state index contributed by atoms with van der Waals surface area (Å²) in [4.78, 5) is 30.0. The lowest BCUT2D eigenvalue weighted by molar-refractivity contribution is -0.140. The zero-order valence-electron chi connectivity index (χ0n) is 27.1. The van der Waals surface area contributed by atoms with E-state index in [0.717, 1.165) is 84.2 Å². The molecule has 4 heterocycles. The summed E-state index contributed by atoms with van der Waals surface area (Å²) < 4.78 is 11.8. The Bertz CT molecular complexity index is 941. The van der Waals surface area contributed by atoms with Gasteiger partial charge in [-0.2, -0.15) is 0 Å². The van der Waals surface area contributed by atoms with Gasteiger partial charge in [-0.3, -0.25) is 20.2 Å². The van der Waals surface area contributed by atoms with Gasteiger partial charge in [0.25, 0.3) is 0 Å². The second-order valence-electron chi connectivity index (χ2n) is 14.9. The van der Waals surface area contributed by atoms with Crippen molar-refractivity contribution in [2.24, 2.45) is 23.2 Å². The number of hydrogen-bond donors (Lipinski definition) is 5. The van der Waals surface area contributed by atoms with Crippen molar-refractivity contribution in [3.05, 3.63) is 0 Å².